The molecular weight excluding hydrogens is 276 g/mol. The van der Waals surface area contributed by atoms with E-state index in [4.69, 9.17) is 5.11 Å². The lowest BCUT2D eigenvalue weighted by Crippen LogP contribution is -2.30. The van der Waals surface area contributed by atoms with Gasteiger partial charge in [-0.15, -0.1) is 11.3 Å². The topological polar surface area (TPSA) is 70.5 Å². The lowest BCUT2D eigenvalue weighted by atomic mass is 9.99. The number of hydrogen-bond acceptors (Lipinski definition) is 4. The molecule has 1 fully saturated rings. The van der Waals surface area contributed by atoms with Crippen LogP contribution in [-0.2, 0) is 11.2 Å². The third kappa shape index (κ3) is 3.17. The number of amides is 1. The number of carbonyl (C=O) groups excluding carboxylic acids is 1. The van der Waals surface area contributed by atoms with Crippen LogP contribution in [0.5, 0.6) is 0 Å². The van der Waals surface area contributed by atoms with Gasteiger partial charge in [0, 0.05) is 24.9 Å². The predicted octanol–water partition coefficient (Wildman–Crippen LogP) is 2.13. The molecule has 1 N–H and O–H groups in total. The highest BCUT2D eigenvalue weighted by molar-refractivity contribution is 7.09. The molecule has 1 aliphatic rings. The smallest absolute Gasteiger partial charge is 0.308 e. The van der Waals surface area contributed by atoms with Gasteiger partial charge in [0.15, 0.2) is 0 Å². The molecule has 0 saturated carbocycles. The number of nitrogens with zero attached hydrogens (tertiary/aromatic N) is 2. The van der Waals surface area contributed by atoms with Gasteiger partial charge in [0.1, 0.15) is 5.69 Å². The number of rotatable bonds is 4. The molecule has 0 bridgehead atoms. The fourth-order valence-electron chi connectivity index (χ4n) is 2.47. The average Bonchev–Trinajstić information content (AvgIpc) is 2.94. The molecule has 1 amide bonds. The summed E-state index contributed by atoms with van der Waals surface area (Å²) >= 11 is 1.50. The Labute approximate surface area is 122 Å². The number of likely N-dealkylation sites (tertiary alicyclic amines) is 1. The molecule has 20 heavy (non-hydrogen) atoms. The minimum absolute atomic E-state index is 0.00906. The van der Waals surface area contributed by atoms with E-state index in [9.17, 15) is 9.59 Å². The van der Waals surface area contributed by atoms with Crippen LogP contribution in [-0.4, -0.2) is 40.0 Å². The van der Waals surface area contributed by atoms with Crippen LogP contribution in [0, 0.1) is 17.8 Å². The summed E-state index contributed by atoms with van der Waals surface area (Å²) in [6, 6.07) is 0. The Morgan fingerprint density at radius 3 is 2.75 bits per heavy atom. The largest absolute Gasteiger partial charge is 0.481 e. The van der Waals surface area contributed by atoms with Crippen LogP contribution in [0.25, 0.3) is 0 Å². The normalized spacial score (nSPS) is 22.5. The Balaban J connectivity index is 2.05. The van der Waals surface area contributed by atoms with E-state index in [1.165, 1.54) is 11.3 Å². The van der Waals surface area contributed by atoms with Crippen LogP contribution in [0.3, 0.4) is 0 Å². The molecule has 0 aromatic carbocycles. The first-order valence-electron chi connectivity index (χ1n) is 6.85. The van der Waals surface area contributed by atoms with Crippen molar-refractivity contribution in [2.24, 2.45) is 17.8 Å². The SMILES string of the molecule is CC(C)Cc1nc(C(=O)N2C[C@@H](C)[C@H](C(=O)O)C2)cs1. The second-order valence-corrected chi connectivity index (χ2v) is 6.80. The Kier molecular flexibility index (Phi) is 4.42. The van der Waals surface area contributed by atoms with Gasteiger partial charge < -0.3 is 10.0 Å². The number of thiazole rings is 1. The zero-order chi connectivity index (χ0) is 14.9. The zero-order valence-electron chi connectivity index (χ0n) is 12.0. The van der Waals surface area contributed by atoms with Crippen LogP contribution in [0.2, 0.25) is 0 Å². The molecule has 0 aliphatic carbocycles. The van der Waals surface area contributed by atoms with Crippen molar-refractivity contribution in [1.82, 2.24) is 9.88 Å². The third-order valence-corrected chi connectivity index (χ3v) is 4.44. The van der Waals surface area contributed by atoms with Crippen molar-refractivity contribution in [1.29, 1.82) is 0 Å². The number of carboxylic acids is 1. The van der Waals surface area contributed by atoms with Gasteiger partial charge in [-0.3, -0.25) is 9.59 Å². The summed E-state index contributed by atoms with van der Waals surface area (Å²) in [7, 11) is 0. The van der Waals surface area contributed by atoms with Crippen LogP contribution in [0.4, 0.5) is 0 Å². The van der Waals surface area contributed by atoms with Gasteiger partial charge in [0.2, 0.25) is 0 Å². The summed E-state index contributed by atoms with van der Waals surface area (Å²) in [5.41, 5.74) is 0.448. The van der Waals surface area contributed by atoms with Gasteiger partial charge in [-0.25, -0.2) is 4.98 Å². The summed E-state index contributed by atoms with van der Waals surface area (Å²) in [5, 5.41) is 11.8. The van der Waals surface area contributed by atoms with Gasteiger partial charge in [0.25, 0.3) is 5.91 Å². The zero-order valence-corrected chi connectivity index (χ0v) is 12.8. The van der Waals surface area contributed by atoms with E-state index in [2.05, 4.69) is 18.8 Å². The van der Waals surface area contributed by atoms with E-state index in [-0.39, 0.29) is 18.4 Å². The van der Waals surface area contributed by atoms with Crippen LogP contribution < -0.4 is 0 Å². The van der Waals surface area contributed by atoms with Crippen molar-refractivity contribution < 1.29 is 14.7 Å². The fraction of sp³-hybridized carbons (Fsp3) is 0.643. The van der Waals surface area contributed by atoms with Crippen molar-refractivity contribution >= 4 is 23.2 Å². The molecule has 0 unspecified atom stereocenters. The molecule has 1 aliphatic heterocycles. The van der Waals surface area contributed by atoms with E-state index in [0.717, 1.165) is 11.4 Å². The van der Waals surface area contributed by atoms with Gasteiger partial charge >= 0.3 is 5.97 Å². The summed E-state index contributed by atoms with van der Waals surface area (Å²) in [6.45, 7) is 6.88. The van der Waals surface area contributed by atoms with Crippen LogP contribution in [0.1, 0.15) is 36.3 Å². The molecule has 0 radical (unpaired) electrons. The number of aromatic nitrogens is 1. The molecule has 1 aromatic heterocycles. The van der Waals surface area contributed by atoms with Crippen molar-refractivity contribution in [3.8, 4) is 0 Å². The van der Waals surface area contributed by atoms with E-state index < -0.39 is 11.9 Å². The minimum atomic E-state index is -0.827. The standard InChI is InChI=1S/C14H20N2O3S/c1-8(2)4-12-15-11(7-20-12)13(17)16-5-9(3)10(6-16)14(18)19/h7-10H,4-6H2,1-3H3,(H,18,19)/t9-,10-/m1/s1. The van der Waals surface area contributed by atoms with Crippen LogP contribution >= 0.6 is 11.3 Å². The molecule has 6 heteroatoms. The van der Waals surface area contributed by atoms with E-state index in [1.54, 1.807) is 10.3 Å². The highest BCUT2D eigenvalue weighted by Gasteiger charge is 2.37. The van der Waals surface area contributed by atoms with Crippen molar-refractivity contribution in [2.45, 2.75) is 27.2 Å². The van der Waals surface area contributed by atoms with Crippen LogP contribution in [0.15, 0.2) is 5.38 Å². The molecule has 110 valence electrons. The van der Waals surface area contributed by atoms with E-state index >= 15 is 0 Å². The molecule has 1 saturated heterocycles. The van der Waals surface area contributed by atoms with Gasteiger partial charge in [-0.1, -0.05) is 20.8 Å². The Morgan fingerprint density at radius 2 is 2.20 bits per heavy atom. The summed E-state index contributed by atoms with van der Waals surface area (Å²) in [6.07, 6.45) is 0.867. The van der Waals surface area contributed by atoms with Gasteiger partial charge in [-0.05, 0) is 11.8 Å². The third-order valence-electron chi connectivity index (χ3n) is 3.57. The average molecular weight is 296 g/mol. The Morgan fingerprint density at radius 1 is 1.50 bits per heavy atom. The maximum atomic E-state index is 12.3. The highest BCUT2D eigenvalue weighted by atomic mass is 32.1. The number of carboxylic acid groups (broad SMARTS) is 1. The molecule has 5 nitrogen and oxygen atoms in total. The fourth-order valence-corrected chi connectivity index (χ4v) is 3.45. The monoisotopic (exact) mass is 296 g/mol. The Hall–Kier alpha value is -1.43. The predicted molar refractivity (Wildman–Crippen MR) is 76.8 cm³/mol. The maximum absolute atomic E-state index is 12.3. The molecule has 0 spiro atoms. The molecule has 1 aromatic rings. The molecule has 2 atom stereocenters. The van der Waals surface area contributed by atoms with Crippen molar-refractivity contribution in [3.05, 3.63) is 16.1 Å². The number of hydrogen-bond donors (Lipinski definition) is 1. The summed E-state index contributed by atoms with van der Waals surface area (Å²) < 4.78 is 0. The molecule has 2 heterocycles. The van der Waals surface area contributed by atoms with Gasteiger partial charge in [0.05, 0.1) is 10.9 Å². The van der Waals surface area contributed by atoms with E-state index in [1.807, 2.05) is 6.92 Å². The second-order valence-electron chi connectivity index (χ2n) is 5.86. The first-order valence-corrected chi connectivity index (χ1v) is 7.73. The maximum Gasteiger partial charge on any atom is 0.308 e. The first-order chi connectivity index (χ1) is 9.38. The Bertz CT molecular complexity index is 512. The molecule has 2 rings (SSSR count). The highest BCUT2D eigenvalue weighted by Crippen LogP contribution is 2.25. The summed E-state index contributed by atoms with van der Waals surface area (Å²) in [4.78, 5) is 29.4. The number of aliphatic carboxylic acids is 1. The lowest BCUT2D eigenvalue weighted by molar-refractivity contribution is -0.142. The number of carbonyl (C=O) groups is 2. The first kappa shape index (κ1) is 15.0. The van der Waals surface area contributed by atoms with Gasteiger partial charge in [-0.2, -0.15) is 0 Å². The lowest BCUT2D eigenvalue weighted by Gasteiger charge is -2.14. The quantitative estimate of drug-likeness (QED) is 0.924. The van der Waals surface area contributed by atoms with Crippen molar-refractivity contribution in [3.63, 3.8) is 0 Å². The second kappa shape index (κ2) is 5.91. The molecular formula is C14H20N2O3S. The van der Waals surface area contributed by atoms with E-state index in [0.29, 0.717) is 18.2 Å². The summed E-state index contributed by atoms with van der Waals surface area (Å²) in [5.74, 6) is -0.941. The van der Waals surface area contributed by atoms with Crippen molar-refractivity contribution in [2.75, 3.05) is 13.1 Å². The minimum Gasteiger partial charge on any atom is -0.481 e.